The number of carbonyl (C=O) groups is 1. The van der Waals surface area contributed by atoms with Gasteiger partial charge in [0.05, 0.1) is 0 Å². The van der Waals surface area contributed by atoms with Crippen LogP contribution in [0, 0.1) is 40.7 Å². The maximum atomic E-state index is 11.1. The van der Waals surface area contributed by atoms with E-state index in [-0.39, 0.29) is 333 Å². The molecule has 1 rings (SSSR count). The average Bonchev–Trinajstić information content (AvgIpc) is 2.07. The van der Waals surface area contributed by atoms with E-state index in [9.17, 15) is 4.79 Å². The SMILES string of the molecule is [CH2-]C(=O)c1[c-]c(C)c(C)c(C)c1C.[Y].[Y].[Y].[Y].[Y].[Y].[Y].[Y].[Y].[Y]. The topological polar surface area (TPSA) is 17.1 Å². The zero-order valence-electron chi connectivity index (χ0n) is 14.4. The monoisotopic (exact) mass is 1060 g/mol. The van der Waals surface area contributed by atoms with Crippen LogP contribution in [0.5, 0.6) is 0 Å². The second kappa shape index (κ2) is 36.4. The molecule has 0 spiro atoms. The molecule has 0 atom stereocenters. The fraction of sp³-hybridized carbons (Fsp3) is 0.333. The summed E-state index contributed by atoms with van der Waals surface area (Å²) >= 11 is 0. The molecule has 0 saturated heterocycles. The number of carbonyl (C=O) groups excluding carboxylic acids is 1. The summed E-state index contributed by atoms with van der Waals surface area (Å²) in [7, 11) is 0. The molecule has 0 heterocycles. The molecule has 0 aliphatic carbocycles. The van der Waals surface area contributed by atoms with Crippen LogP contribution < -0.4 is 0 Å². The van der Waals surface area contributed by atoms with Gasteiger partial charge >= 0.3 is 0 Å². The second-order valence-corrected chi connectivity index (χ2v) is 3.42. The Bertz CT molecular complexity index is 385. The Labute approximate surface area is 394 Å². The molecule has 23 heavy (non-hydrogen) atoms. The summed E-state index contributed by atoms with van der Waals surface area (Å²) in [6.07, 6.45) is 0. The summed E-state index contributed by atoms with van der Waals surface area (Å²) in [5.74, 6) is -0.149. The van der Waals surface area contributed by atoms with Crippen molar-refractivity contribution in [2.75, 3.05) is 0 Å². The molecule has 1 aromatic rings. The van der Waals surface area contributed by atoms with Gasteiger partial charge < -0.3 is 4.79 Å². The number of rotatable bonds is 1. The van der Waals surface area contributed by atoms with Crippen LogP contribution in [-0.2, 0) is 327 Å². The summed E-state index contributed by atoms with van der Waals surface area (Å²) in [6, 6.07) is 3.07. The minimum Gasteiger partial charge on any atom is -0.389 e. The van der Waals surface area contributed by atoms with Crippen molar-refractivity contribution in [1.82, 2.24) is 0 Å². The van der Waals surface area contributed by atoms with Gasteiger partial charge in [0.2, 0.25) is 0 Å². The zero-order chi connectivity index (χ0) is 10.2. The molecule has 100 valence electrons. The van der Waals surface area contributed by atoms with Crippen molar-refractivity contribution >= 4 is 5.78 Å². The van der Waals surface area contributed by atoms with E-state index in [0.29, 0.717) is 5.56 Å². The zero-order valence-corrected chi connectivity index (χ0v) is 42.8. The van der Waals surface area contributed by atoms with Gasteiger partial charge in [0.25, 0.3) is 0 Å². The molecule has 0 aliphatic heterocycles. The fourth-order valence-corrected chi connectivity index (χ4v) is 1.40. The molecule has 0 N–H and O–H groups in total. The van der Waals surface area contributed by atoms with Crippen LogP contribution in [-0.4, -0.2) is 5.78 Å². The first-order chi connectivity index (χ1) is 5.95. The number of aryl methyl sites for hydroxylation is 1. The fourth-order valence-electron chi connectivity index (χ4n) is 1.40. The van der Waals surface area contributed by atoms with E-state index in [0.717, 1.165) is 11.1 Å². The van der Waals surface area contributed by atoms with Gasteiger partial charge in [0.15, 0.2) is 0 Å². The molecule has 0 aliphatic rings. The molecule has 11 heteroatoms. The predicted molar refractivity (Wildman–Crippen MR) is 53.9 cm³/mol. The molecule has 10 radical (unpaired) electrons. The van der Waals surface area contributed by atoms with E-state index in [2.05, 4.69) is 13.0 Å². The van der Waals surface area contributed by atoms with Crippen LogP contribution in [0.3, 0.4) is 0 Å². The third kappa shape index (κ3) is 24.7. The van der Waals surface area contributed by atoms with Gasteiger partial charge in [-0.1, -0.05) is 33.5 Å². The van der Waals surface area contributed by atoms with Crippen molar-refractivity contribution in [1.29, 1.82) is 0 Å². The van der Waals surface area contributed by atoms with Crippen molar-refractivity contribution in [3.63, 3.8) is 0 Å². The van der Waals surface area contributed by atoms with Gasteiger partial charge in [0.1, 0.15) is 0 Å². The standard InChI is InChI=1S/C12H14O.10Y/c1-7-6-12(11(5)13)10(4)9(3)8(7)2;;;;;;;;;;/h5H2,1-4H3;;;;;;;;;;/q-2;;;;;;;;;;. The van der Waals surface area contributed by atoms with Crippen molar-refractivity contribution in [3.8, 4) is 0 Å². The van der Waals surface area contributed by atoms with Gasteiger partial charge in [-0.25, -0.2) is 18.6 Å². The quantitative estimate of drug-likeness (QED) is 0.313. The molecule has 0 fully saturated rings. The molecule has 0 amide bonds. The molecule has 1 aromatic carbocycles. The van der Waals surface area contributed by atoms with Crippen molar-refractivity contribution in [3.05, 3.63) is 40.8 Å². The Morgan fingerprint density at radius 2 is 0.957 bits per heavy atom. The van der Waals surface area contributed by atoms with E-state index >= 15 is 0 Å². The first kappa shape index (κ1) is 63.8. The first-order valence-corrected chi connectivity index (χ1v) is 4.31. The molecule has 0 aromatic heterocycles. The summed E-state index contributed by atoms with van der Waals surface area (Å²) in [4.78, 5) is 11.1. The molecule has 1 nitrogen and oxygen atoms in total. The summed E-state index contributed by atoms with van der Waals surface area (Å²) in [5.41, 5.74) is 5.05. The Hall–Kier alpha value is 9.80. The third-order valence-corrected chi connectivity index (χ3v) is 2.65. The third-order valence-electron chi connectivity index (χ3n) is 2.65. The number of hydrogen-bond acceptors (Lipinski definition) is 1. The summed E-state index contributed by atoms with van der Waals surface area (Å²) in [5, 5.41) is 0. The molecule has 0 saturated carbocycles. The van der Waals surface area contributed by atoms with E-state index < -0.39 is 0 Å². The Morgan fingerprint density at radius 1 is 0.652 bits per heavy atom. The van der Waals surface area contributed by atoms with Gasteiger partial charge in [-0.05, 0) is 0 Å². The smallest absolute Gasteiger partial charge is 0 e. The minimum atomic E-state index is -0.149. The normalized spacial score (nSPS) is 5.74. The van der Waals surface area contributed by atoms with Crippen LogP contribution in [0.4, 0.5) is 0 Å². The van der Waals surface area contributed by atoms with Crippen molar-refractivity contribution in [2.24, 2.45) is 0 Å². The molecular formula is C12H14OY10-2. The van der Waals surface area contributed by atoms with E-state index in [4.69, 9.17) is 0 Å². The summed E-state index contributed by atoms with van der Waals surface area (Å²) < 4.78 is 0. The number of hydrogen-bond donors (Lipinski definition) is 0. The maximum Gasteiger partial charge on any atom is 0 e. The van der Waals surface area contributed by atoms with Crippen molar-refractivity contribution < 1.29 is 332 Å². The van der Waals surface area contributed by atoms with Crippen LogP contribution in [0.1, 0.15) is 32.6 Å². The predicted octanol–water partition coefficient (Wildman–Crippen LogP) is 2.71. The second-order valence-electron chi connectivity index (χ2n) is 3.42. The van der Waals surface area contributed by atoms with Gasteiger partial charge in [-0.15, -0.1) is 11.1 Å². The Balaban J connectivity index is -0.0000000211. The minimum absolute atomic E-state index is 0. The molecule has 0 unspecified atom stereocenters. The Kier molecular flexibility index (Phi) is 101. The van der Waals surface area contributed by atoms with Crippen LogP contribution in [0.2, 0.25) is 0 Å². The Morgan fingerprint density at radius 3 is 1.22 bits per heavy atom. The van der Waals surface area contributed by atoms with Gasteiger partial charge in [-0.2, -0.15) is 5.56 Å². The van der Waals surface area contributed by atoms with Crippen LogP contribution in [0.25, 0.3) is 0 Å². The first-order valence-electron chi connectivity index (χ1n) is 4.31. The number of Topliss-reactive ketones (excluding diaryl/α,β-unsaturated/α-hetero) is 1. The van der Waals surface area contributed by atoms with E-state index in [1.165, 1.54) is 11.1 Å². The number of benzene rings is 1. The van der Waals surface area contributed by atoms with Crippen molar-refractivity contribution in [2.45, 2.75) is 27.7 Å². The maximum absolute atomic E-state index is 11.1. The van der Waals surface area contributed by atoms with Gasteiger partial charge in [0, 0.05) is 327 Å². The van der Waals surface area contributed by atoms with Crippen LogP contribution in [0.15, 0.2) is 0 Å². The van der Waals surface area contributed by atoms with E-state index in [1.807, 2.05) is 27.7 Å². The molecular weight excluding hydrogens is 1050 g/mol. The van der Waals surface area contributed by atoms with Gasteiger partial charge in [-0.3, -0.25) is 5.56 Å². The number of ketones is 1. The van der Waals surface area contributed by atoms with Crippen LogP contribution >= 0.6 is 0 Å². The molecule has 0 bridgehead atoms. The largest absolute Gasteiger partial charge is 0.389 e. The summed E-state index contributed by atoms with van der Waals surface area (Å²) in [6.45, 7) is 11.4. The average molecular weight is 1060 g/mol. The van der Waals surface area contributed by atoms with E-state index in [1.54, 1.807) is 0 Å².